The van der Waals surface area contributed by atoms with Crippen LogP contribution >= 0.6 is 12.4 Å². The maximum atomic E-state index is 12.5. The third kappa shape index (κ3) is 3.94. The quantitative estimate of drug-likeness (QED) is 0.849. The number of halogens is 1. The molecule has 128 valence electrons. The van der Waals surface area contributed by atoms with Gasteiger partial charge in [-0.15, -0.1) is 12.4 Å². The number of nitrogens with two attached hydrogens (primary N) is 1. The van der Waals surface area contributed by atoms with Gasteiger partial charge in [-0.1, -0.05) is 0 Å². The minimum atomic E-state index is -0.370. The van der Waals surface area contributed by atoms with E-state index in [2.05, 4.69) is 0 Å². The summed E-state index contributed by atoms with van der Waals surface area (Å²) in [5.41, 5.74) is 6.13. The number of nitrogens with zero attached hydrogens (tertiary/aromatic N) is 1. The van der Waals surface area contributed by atoms with Crippen LogP contribution in [0.4, 0.5) is 0 Å². The highest BCUT2D eigenvalue weighted by molar-refractivity contribution is 5.85. The van der Waals surface area contributed by atoms with Crippen molar-refractivity contribution in [1.29, 1.82) is 0 Å². The monoisotopic (exact) mass is 332 g/mol. The molecule has 0 aromatic carbocycles. The van der Waals surface area contributed by atoms with Gasteiger partial charge in [0, 0.05) is 25.7 Å². The number of amides is 1. The van der Waals surface area contributed by atoms with E-state index in [0.717, 1.165) is 39.0 Å². The van der Waals surface area contributed by atoms with Gasteiger partial charge in [-0.2, -0.15) is 0 Å². The summed E-state index contributed by atoms with van der Waals surface area (Å²) in [7, 11) is 0. The van der Waals surface area contributed by atoms with Crippen LogP contribution in [0.5, 0.6) is 0 Å². The molecule has 2 aliphatic heterocycles. The first-order chi connectivity index (χ1) is 10.1. The first kappa shape index (κ1) is 18.0. The lowest BCUT2D eigenvalue weighted by atomic mass is 9.98. The number of likely N-dealkylation sites (tertiary alicyclic amines) is 1. The molecule has 1 aliphatic carbocycles. The Morgan fingerprint density at radius 3 is 2.82 bits per heavy atom. The maximum absolute atomic E-state index is 12.5. The Labute approximate surface area is 139 Å². The van der Waals surface area contributed by atoms with E-state index in [1.807, 2.05) is 11.8 Å². The van der Waals surface area contributed by atoms with Crippen molar-refractivity contribution in [3.8, 4) is 0 Å². The van der Waals surface area contributed by atoms with Crippen LogP contribution < -0.4 is 5.73 Å². The molecule has 22 heavy (non-hydrogen) atoms. The zero-order valence-corrected chi connectivity index (χ0v) is 14.2. The molecular formula is C16H29ClN2O3. The van der Waals surface area contributed by atoms with Crippen molar-refractivity contribution in [2.24, 2.45) is 17.6 Å². The molecule has 3 fully saturated rings. The van der Waals surface area contributed by atoms with Crippen LogP contribution in [0.15, 0.2) is 0 Å². The number of rotatable bonds is 4. The molecule has 0 radical (unpaired) electrons. The Bertz CT molecular complexity index is 376. The molecule has 0 bridgehead atoms. The van der Waals surface area contributed by atoms with Gasteiger partial charge < -0.3 is 20.1 Å². The second-order valence-electron chi connectivity index (χ2n) is 6.87. The van der Waals surface area contributed by atoms with Crippen molar-refractivity contribution in [2.75, 3.05) is 26.3 Å². The van der Waals surface area contributed by atoms with Crippen LogP contribution in [0, 0.1) is 11.8 Å². The van der Waals surface area contributed by atoms with Crippen LogP contribution in [0.1, 0.15) is 39.0 Å². The van der Waals surface area contributed by atoms with E-state index in [0.29, 0.717) is 18.4 Å². The zero-order valence-electron chi connectivity index (χ0n) is 13.4. The topological polar surface area (TPSA) is 64.8 Å². The standard InChI is InChI=1S/C16H28N2O3.ClH/c1-11(21-10-13-4-2-3-7-20-13)16(19)18-8-12-5-6-15(17)14(12)9-18;/h11-15H,2-10,17H2,1H3;1H. The van der Waals surface area contributed by atoms with Gasteiger partial charge in [-0.05, 0) is 50.9 Å². The van der Waals surface area contributed by atoms with Gasteiger partial charge in [-0.3, -0.25) is 4.79 Å². The minimum absolute atomic E-state index is 0. The molecule has 2 heterocycles. The Kier molecular flexibility index (Phi) is 6.50. The largest absolute Gasteiger partial charge is 0.376 e. The average Bonchev–Trinajstić information content (AvgIpc) is 3.07. The van der Waals surface area contributed by atoms with Crippen molar-refractivity contribution in [2.45, 2.75) is 57.3 Å². The van der Waals surface area contributed by atoms with Crippen LogP contribution in [0.2, 0.25) is 0 Å². The summed E-state index contributed by atoms with van der Waals surface area (Å²) in [6.07, 6.45) is 5.46. The lowest BCUT2D eigenvalue weighted by molar-refractivity contribution is -0.145. The lowest BCUT2D eigenvalue weighted by Crippen LogP contribution is -2.40. The highest BCUT2D eigenvalue weighted by Crippen LogP contribution is 2.37. The van der Waals surface area contributed by atoms with E-state index >= 15 is 0 Å². The fourth-order valence-electron chi connectivity index (χ4n) is 4.01. The van der Waals surface area contributed by atoms with Crippen LogP contribution in [-0.2, 0) is 14.3 Å². The summed E-state index contributed by atoms with van der Waals surface area (Å²) in [6.45, 7) is 4.90. The molecular weight excluding hydrogens is 304 g/mol. The Morgan fingerprint density at radius 1 is 1.32 bits per heavy atom. The summed E-state index contributed by atoms with van der Waals surface area (Å²) in [4.78, 5) is 14.4. The van der Waals surface area contributed by atoms with E-state index in [4.69, 9.17) is 15.2 Å². The Morgan fingerprint density at radius 2 is 2.14 bits per heavy atom. The molecule has 0 spiro atoms. The highest BCUT2D eigenvalue weighted by atomic mass is 35.5. The molecule has 5 atom stereocenters. The van der Waals surface area contributed by atoms with Crippen molar-refractivity contribution in [1.82, 2.24) is 4.90 Å². The van der Waals surface area contributed by atoms with E-state index in [1.54, 1.807) is 0 Å². The first-order valence-corrected chi connectivity index (χ1v) is 8.42. The normalized spacial score (nSPS) is 35.8. The van der Waals surface area contributed by atoms with E-state index in [-0.39, 0.29) is 36.6 Å². The molecule has 3 aliphatic rings. The fourth-order valence-corrected chi connectivity index (χ4v) is 4.01. The van der Waals surface area contributed by atoms with E-state index in [1.165, 1.54) is 12.8 Å². The molecule has 2 saturated heterocycles. The van der Waals surface area contributed by atoms with Crippen LogP contribution in [0.25, 0.3) is 0 Å². The van der Waals surface area contributed by atoms with Gasteiger partial charge in [0.05, 0.1) is 12.7 Å². The molecule has 0 aromatic heterocycles. The summed E-state index contributed by atoms with van der Waals surface area (Å²) >= 11 is 0. The summed E-state index contributed by atoms with van der Waals surface area (Å²) in [5, 5.41) is 0. The van der Waals surface area contributed by atoms with Gasteiger partial charge in [0.25, 0.3) is 5.91 Å². The third-order valence-corrected chi connectivity index (χ3v) is 5.38. The van der Waals surface area contributed by atoms with Crippen LogP contribution in [-0.4, -0.2) is 55.4 Å². The predicted molar refractivity (Wildman–Crippen MR) is 87.0 cm³/mol. The van der Waals surface area contributed by atoms with Crippen molar-refractivity contribution in [3.05, 3.63) is 0 Å². The lowest BCUT2D eigenvalue weighted by Gasteiger charge is -2.26. The van der Waals surface area contributed by atoms with Gasteiger partial charge >= 0.3 is 0 Å². The summed E-state index contributed by atoms with van der Waals surface area (Å²) in [5.74, 6) is 1.23. The molecule has 6 heteroatoms. The van der Waals surface area contributed by atoms with E-state index in [9.17, 15) is 4.79 Å². The molecule has 1 amide bonds. The van der Waals surface area contributed by atoms with Crippen molar-refractivity contribution in [3.63, 3.8) is 0 Å². The van der Waals surface area contributed by atoms with Crippen LogP contribution in [0.3, 0.4) is 0 Å². The molecule has 5 unspecified atom stereocenters. The van der Waals surface area contributed by atoms with Gasteiger partial charge in [-0.25, -0.2) is 0 Å². The smallest absolute Gasteiger partial charge is 0.251 e. The first-order valence-electron chi connectivity index (χ1n) is 8.42. The van der Waals surface area contributed by atoms with Crippen molar-refractivity contribution < 1.29 is 14.3 Å². The third-order valence-electron chi connectivity index (χ3n) is 5.38. The molecule has 5 nitrogen and oxygen atoms in total. The van der Waals surface area contributed by atoms with Gasteiger partial charge in [0.15, 0.2) is 0 Å². The zero-order chi connectivity index (χ0) is 14.8. The SMILES string of the molecule is CC(OCC1CCCCO1)C(=O)N1CC2CCC(N)C2C1.Cl. The maximum Gasteiger partial charge on any atom is 0.251 e. The molecule has 3 rings (SSSR count). The molecule has 0 aromatic rings. The number of carbonyl (C=O) groups is 1. The predicted octanol–water partition coefficient (Wildman–Crippen LogP) is 1.58. The Hall–Kier alpha value is -0.360. The summed E-state index contributed by atoms with van der Waals surface area (Å²) < 4.78 is 11.4. The number of carbonyl (C=O) groups excluding carboxylic acids is 1. The van der Waals surface area contributed by atoms with Gasteiger partial charge in [0.2, 0.25) is 0 Å². The number of hydrogen-bond acceptors (Lipinski definition) is 4. The second-order valence-corrected chi connectivity index (χ2v) is 6.87. The average molecular weight is 333 g/mol. The molecule has 1 saturated carbocycles. The van der Waals surface area contributed by atoms with E-state index < -0.39 is 0 Å². The molecule has 2 N–H and O–H groups in total. The fraction of sp³-hybridized carbons (Fsp3) is 0.938. The van der Waals surface area contributed by atoms with Crippen molar-refractivity contribution >= 4 is 18.3 Å². The minimum Gasteiger partial charge on any atom is -0.376 e. The number of ether oxygens (including phenoxy) is 2. The number of fused-ring (bicyclic) bond motifs is 1. The highest BCUT2D eigenvalue weighted by Gasteiger charge is 2.43. The number of hydrogen-bond donors (Lipinski definition) is 1. The second kappa shape index (κ2) is 7.95. The van der Waals surface area contributed by atoms with Gasteiger partial charge in [0.1, 0.15) is 6.10 Å². The summed E-state index contributed by atoms with van der Waals surface area (Å²) in [6, 6.07) is 0.277. The Balaban J connectivity index is 0.00000176.